The Bertz CT molecular complexity index is 1020. The van der Waals surface area contributed by atoms with Crippen molar-refractivity contribution in [2.24, 2.45) is 44.8 Å². The monoisotopic (exact) mass is 486 g/mol. The van der Waals surface area contributed by atoms with Gasteiger partial charge in [0, 0.05) is 18.8 Å². The summed E-state index contributed by atoms with van der Waals surface area (Å²) in [4.78, 5) is 35.7. The molecule has 1 heterocycles. The van der Waals surface area contributed by atoms with Crippen molar-refractivity contribution < 1.29 is 28.7 Å². The summed E-state index contributed by atoms with van der Waals surface area (Å²) < 4.78 is 10.7. The molecule has 0 unspecified atom stereocenters. The standard InChI is InChI=1S/C27H38N2O6/c1-15(28-33-6)27-22(23(29-35-27)24(31)32-5)14-21-19-8-7-17-13-18(34-16(2)30)9-11-25(17,3)20(19)10-12-26(21,27)4/h7,18-22H,8-14H2,1-6H3/t18-,19-,20+,21+,22-,25-,26+,27-/m0/s1. The van der Waals surface area contributed by atoms with E-state index in [1.165, 1.54) is 26.7 Å². The van der Waals surface area contributed by atoms with Crippen LogP contribution in [0.4, 0.5) is 0 Å². The highest BCUT2D eigenvalue weighted by atomic mass is 16.7. The number of oxime groups is 2. The molecule has 3 fully saturated rings. The van der Waals surface area contributed by atoms with Crippen LogP contribution in [-0.4, -0.2) is 49.3 Å². The maximum atomic E-state index is 12.7. The second-order valence-corrected chi connectivity index (χ2v) is 11.6. The Morgan fingerprint density at radius 2 is 1.91 bits per heavy atom. The second-order valence-electron chi connectivity index (χ2n) is 11.6. The number of esters is 2. The first-order valence-electron chi connectivity index (χ1n) is 12.9. The molecule has 4 aliphatic carbocycles. The Hall–Kier alpha value is -2.38. The summed E-state index contributed by atoms with van der Waals surface area (Å²) in [7, 11) is 2.93. The van der Waals surface area contributed by atoms with Gasteiger partial charge in [-0.3, -0.25) is 4.79 Å². The minimum absolute atomic E-state index is 0.00790. The van der Waals surface area contributed by atoms with Gasteiger partial charge in [-0.25, -0.2) is 4.79 Å². The Morgan fingerprint density at radius 3 is 2.60 bits per heavy atom. The molecular weight excluding hydrogens is 448 g/mol. The summed E-state index contributed by atoms with van der Waals surface area (Å²) in [6.45, 7) is 8.15. The Morgan fingerprint density at radius 1 is 1.14 bits per heavy atom. The van der Waals surface area contributed by atoms with E-state index < -0.39 is 11.6 Å². The zero-order valence-electron chi connectivity index (χ0n) is 21.8. The van der Waals surface area contributed by atoms with Crippen molar-refractivity contribution >= 4 is 23.4 Å². The van der Waals surface area contributed by atoms with Crippen LogP contribution in [0.25, 0.3) is 0 Å². The summed E-state index contributed by atoms with van der Waals surface area (Å²) in [5.74, 6) is 0.550. The number of fused-ring (bicyclic) bond motifs is 7. The maximum absolute atomic E-state index is 12.7. The van der Waals surface area contributed by atoms with Crippen LogP contribution in [0.2, 0.25) is 0 Å². The lowest BCUT2D eigenvalue weighted by atomic mass is 9.46. The van der Waals surface area contributed by atoms with Crippen LogP contribution in [0.5, 0.6) is 0 Å². The molecular formula is C27H38N2O6. The van der Waals surface area contributed by atoms with E-state index in [9.17, 15) is 9.59 Å². The highest BCUT2D eigenvalue weighted by Gasteiger charge is 2.74. The van der Waals surface area contributed by atoms with Crippen molar-refractivity contribution in [1.29, 1.82) is 0 Å². The van der Waals surface area contributed by atoms with Gasteiger partial charge >= 0.3 is 11.9 Å². The highest BCUT2D eigenvalue weighted by molar-refractivity contribution is 6.38. The number of hydrogen-bond donors (Lipinski definition) is 0. The number of allylic oxidation sites excluding steroid dienone is 1. The lowest BCUT2D eigenvalue weighted by molar-refractivity contribution is -0.149. The number of hydrogen-bond acceptors (Lipinski definition) is 8. The van der Waals surface area contributed by atoms with E-state index in [4.69, 9.17) is 19.1 Å². The van der Waals surface area contributed by atoms with Crippen LogP contribution in [-0.2, 0) is 28.7 Å². The van der Waals surface area contributed by atoms with E-state index in [1.54, 1.807) is 0 Å². The number of methoxy groups -OCH3 is 1. The smallest absolute Gasteiger partial charge is 0.356 e. The van der Waals surface area contributed by atoms with E-state index in [2.05, 4.69) is 30.2 Å². The van der Waals surface area contributed by atoms with Crippen molar-refractivity contribution in [3.8, 4) is 0 Å². The predicted molar refractivity (Wildman–Crippen MR) is 130 cm³/mol. The molecule has 8 atom stereocenters. The van der Waals surface area contributed by atoms with Crippen molar-refractivity contribution in [3.05, 3.63) is 11.6 Å². The summed E-state index contributed by atoms with van der Waals surface area (Å²) in [6, 6.07) is 0. The molecule has 8 heteroatoms. The van der Waals surface area contributed by atoms with Gasteiger partial charge in [0.25, 0.3) is 0 Å². The first kappa shape index (κ1) is 24.3. The van der Waals surface area contributed by atoms with Crippen molar-refractivity contribution in [2.45, 2.75) is 84.3 Å². The SMILES string of the molecule is CON=C(C)[C@]12ON=C(C(=O)OC)[C@@H]1C[C@@H]1[C@H]3CC=C4C[C@@H](OC(C)=O)CC[C@]4(C)[C@@H]3CC[C@]12C. The van der Waals surface area contributed by atoms with Gasteiger partial charge in [0.1, 0.15) is 18.9 Å². The second kappa shape index (κ2) is 8.34. The maximum Gasteiger partial charge on any atom is 0.356 e. The molecule has 5 rings (SSSR count). The lowest BCUT2D eigenvalue weighted by Gasteiger charge is -2.58. The molecule has 0 radical (unpaired) electrons. The Balaban J connectivity index is 1.51. The zero-order valence-corrected chi connectivity index (χ0v) is 21.8. The molecule has 3 saturated carbocycles. The molecule has 0 aromatic rings. The third-order valence-electron chi connectivity index (χ3n) is 10.4. The minimum atomic E-state index is -0.806. The Kier molecular flexibility index (Phi) is 5.80. The average Bonchev–Trinajstić information content (AvgIpc) is 3.32. The topological polar surface area (TPSA) is 95.8 Å². The molecule has 0 aromatic heterocycles. The van der Waals surface area contributed by atoms with Gasteiger partial charge in [-0.05, 0) is 68.6 Å². The van der Waals surface area contributed by atoms with Gasteiger partial charge in [-0.1, -0.05) is 35.8 Å². The summed E-state index contributed by atoms with van der Waals surface area (Å²) in [5.41, 5.74) is 1.63. The van der Waals surface area contributed by atoms with E-state index >= 15 is 0 Å². The first-order valence-corrected chi connectivity index (χ1v) is 12.9. The molecule has 0 bridgehead atoms. The molecule has 0 aromatic carbocycles. The average molecular weight is 487 g/mol. The van der Waals surface area contributed by atoms with Crippen LogP contribution >= 0.6 is 0 Å². The third kappa shape index (κ3) is 3.23. The van der Waals surface area contributed by atoms with Gasteiger partial charge in [-0.15, -0.1) is 0 Å². The zero-order chi connectivity index (χ0) is 25.2. The van der Waals surface area contributed by atoms with Gasteiger partial charge in [-0.2, -0.15) is 0 Å². The minimum Gasteiger partial charge on any atom is -0.464 e. The molecule has 192 valence electrons. The van der Waals surface area contributed by atoms with Crippen LogP contribution in [0.1, 0.15) is 72.6 Å². The van der Waals surface area contributed by atoms with Crippen LogP contribution in [0.15, 0.2) is 22.0 Å². The fourth-order valence-corrected chi connectivity index (χ4v) is 8.87. The summed E-state index contributed by atoms with van der Waals surface area (Å²) in [5, 5.41) is 8.59. The van der Waals surface area contributed by atoms with Crippen molar-refractivity contribution in [2.75, 3.05) is 14.2 Å². The summed E-state index contributed by atoms with van der Waals surface area (Å²) in [6.07, 6.45) is 9.06. The van der Waals surface area contributed by atoms with Gasteiger partial charge in [0.15, 0.2) is 11.3 Å². The number of rotatable bonds is 4. The van der Waals surface area contributed by atoms with Crippen molar-refractivity contribution in [1.82, 2.24) is 0 Å². The quantitative estimate of drug-likeness (QED) is 0.253. The number of nitrogens with zero attached hydrogens (tertiary/aromatic N) is 2. The largest absolute Gasteiger partial charge is 0.464 e. The van der Waals surface area contributed by atoms with E-state index in [-0.39, 0.29) is 28.8 Å². The molecule has 5 aliphatic rings. The van der Waals surface area contributed by atoms with E-state index in [1.807, 2.05) is 6.92 Å². The van der Waals surface area contributed by atoms with Gasteiger partial charge in [0.05, 0.1) is 13.0 Å². The Labute approximate surface area is 207 Å². The molecule has 0 saturated heterocycles. The third-order valence-corrected chi connectivity index (χ3v) is 10.4. The molecule has 0 spiro atoms. The predicted octanol–water partition coefficient (Wildman–Crippen LogP) is 4.43. The van der Waals surface area contributed by atoms with E-state index in [0.29, 0.717) is 23.5 Å². The van der Waals surface area contributed by atoms with Gasteiger partial charge < -0.3 is 19.1 Å². The van der Waals surface area contributed by atoms with Gasteiger partial charge in [0.2, 0.25) is 0 Å². The normalized spacial score (nSPS) is 43.9. The molecule has 1 aliphatic heterocycles. The highest BCUT2D eigenvalue weighted by Crippen LogP contribution is 2.70. The first-order chi connectivity index (χ1) is 16.6. The fourth-order valence-electron chi connectivity index (χ4n) is 8.87. The molecule has 0 N–H and O–H groups in total. The molecule has 35 heavy (non-hydrogen) atoms. The number of carbonyl (C=O) groups is 2. The van der Waals surface area contributed by atoms with Crippen LogP contribution in [0.3, 0.4) is 0 Å². The summed E-state index contributed by atoms with van der Waals surface area (Å²) >= 11 is 0. The molecule has 8 nitrogen and oxygen atoms in total. The number of ether oxygens (including phenoxy) is 2. The van der Waals surface area contributed by atoms with Crippen LogP contribution in [0, 0.1) is 34.5 Å². The van der Waals surface area contributed by atoms with Crippen molar-refractivity contribution in [3.63, 3.8) is 0 Å². The molecule has 0 amide bonds. The fraction of sp³-hybridized carbons (Fsp3) is 0.778. The van der Waals surface area contributed by atoms with E-state index in [0.717, 1.165) is 50.7 Å². The van der Waals surface area contributed by atoms with Crippen LogP contribution < -0.4 is 0 Å². The number of carbonyl (C=O) groups excluding carboxylic acids is 2. The lowest BCUT2D eigenvalue weighted by Crippen LogP contribution is -2.59.